The van der Waals surface area contributed by atoms with Crippen LogP contribution in [-0.2, 0) is 9.53 Å². The van der Waals surface area contributed by atoms with Crippen LogP contribution in [0.1, 0.15) is 25.5 Å². The number of rotatable bonds is 7. The van der Waals surface area contributed by atoms with E-state index < -0.39 is 9.35 Å². The van der Waals surface area contributed by atoms with Gasteiger partial charge in [-0.3, -0.25) is 4.79 Å². The van der Waals surface area contributed by atoms with Crippen LogP contribution >= 0.6 is 77.7 Å². The van der Waals surface area contributed by atoms with Gasteiger partial charge in [-0.25, -0.2) is 0 Å². The Morgan fingerprint density at radius 1 is 1.16 bits per heavy atom. The second-order valence-electron chi connectivity index (χ2n) is 7.81. The van der Waals surface area contributed by atoms with E-state index in [0.29, 0.717) is 5.75 Å². The highest BCUT2D eigenvalue weighted by atomic mass is 127. The smallest absolute Gasteiger partial charge is 0.311 e. The van der Waals surface area contributed by atoms with Gasteiger partial charge < -0.3 is 9.47 Å². The zero-order valence-corrected chi connectivity index (χ0v) is 23.5. The Balaban J connectivity index is 1.77. The molecule has 1 aliphatic carbocycles. The van der Waals surface area contributed by atoms with E-state index in [0.717, 1.165) is 11.3 Å². The Kier molecular flexibility index (Phi) is 8.29. The van der Waals surface area contributed by atoms with Crippen LogP contribution in [0.15, 0.2) is 54.6 Å². The molecule has 31 heavy (non-hydrogen) atoms. The molecule has 2 aromatic rings. The van der Waals surface area contributed by atoms with Gasteiger partial charge in [0, 0.05) is 28.2 Å². The molecule has 4 atom stereocenters. The van der Waals surface area contributed by atoms with E-state index in [4.69, 9.17) is 32.7 Å². The van der Waals surface area contributed by atoms with Gasteiger partial charge in [-0.2, -0.15) is 0 Å². The highest BCUT2D eigenvalue weighted by molar-refractivity contribution is 14.1. The van der Waals surface area contributed by atoms with E-state index in [1.54, 1.807) is 0 Å². The van der Waals surface area contributed by atoms with Crippen molar-refractivity contribution >= 4 is 83.6 Å². The number of esters is 1. The quantitative estimate of drug-likeness (QED) is 0.127. The number of alkyl halides is 4. The predicted octanol–water partition coefficient (Wildman–Crippen LogP) is 8.02. The molecule has 0 N–H and O–H groups in total. The second-order valence-corrected chi connectivity index (χ2v) is 12.9. The van der Waals surface area contributed by atoms with Crippen LogP contribution in [0.25, 0.3) is 0 Å². The van der Waals surface area contributed by atoms with Crippen LogP contribution in [0.3, 0.4) is 0 Å². The number of ether oxygens (including phenoxy) is 2. The lowest BCUT2D eigenvalue weighted by Gasteiger charge is -2.20. The summed E-state index contributed by atoms with van der Waals surface area (Å²) in [6.45, 7) is 4.00. The predicted molar refractivity (Wildman–Crippen MR) is 140 cm³/mol. The zero-order valence-electron chi connectivity index (χ0n) is 16.6. The van der Waals surface area contributed by atoms with Crippen LogP contribution in [0.4, 0.5) is 0 Å². The summed E-state index contributed by atoms with van der Waals surface area (Å²) in [4.78, 5) is 12.7. The highest BCUT2D eigenvalue weighted by Crippen LogP contribution is 2.65. The van der Waals surface area contributed by atoms with Crippen molar-refractivity contribution in [3.05, 3.63) is 60.2 Å². The minimum atomic E-state index is -1.19. The molecular weight excluding hydrogens is 682 g/mol. The largest absolute Gasteiger partial charge is 0.457 e. The molecular formula is C23H19Br2Cl2IO3. The molecule has 8 heteroatoms. The van der Waals surface area contributed by atoms with Crippen LogP contribution < -0.4 is 4.74 Å². The summed E-state index contributed by atoms with van der Waals surface area (Å²) in [6, 6.07) is 16.9. The molecule has 3 rings (SSSR count). The first-order chi connectivity index (χ1) is 14.6. The van der Waals surface area contributed by atoms with Crippen molar-refractivity contribution in [3.8, 4) is 21.3 Å². The molecule has 2 aromatic carbocycles. The van der Waals surface area contributed by atoms with Gasteiger partial charge in [0.2, 0.25) is 0 Å². The molecule has 0 bridgehead atoms. The fourth-order valence-corrected chi connectivity index (χ4v) is 5.49. The van der Waals surface area contributed by atoms with Gasteiger partial charge in [0.25, 0.3) is 0 Å². The second kappa shape index (κ2) is 10.2. The summed E-state index contributed by atoms with van der Waals surface area (Å²) >= 11 is 21.1. The van der Waals surface area contributed by atoms with Gasteiger partial charge in [0.15, 0.2) is 9.35 Å². The molecule has 1 aliphatic rings. The minimum absolute atomic E-state index is 0.0877. The number of carbonyl (C=O) groups is 1. The summed E-state index contributed by atoms with van der Waals surface area (Å²) in [5.41, 5.74) is 0.426. The topological polar surface area (TPSA) is 35.5 Å². The van der Waals surface area contributed by atoms with Crippen molar-refractivity contribution in [2.24, 2.45) is 17.3 Å². The fourth-order valence-electron chi connectivity index (χ4n) is 3.66. The molecule has 0 spiro atoms. The molecule has 0 heterocycles. The Hall–Kier alpha value is -0.460. The number of carbonyl (C=O) groups excluding carboxylic acids is 1. The Labute approximate surface area is 222 Å². The molecule has 4 unspecified atom stereocenters. The van der Waals surface area contributed by atoms with Gasteiger partial charge in [0.05, 0.1) is 10.7 Å². The van der Waals surface area contributed by atoms with E-state index in [9.17, 15) is 4.79 Å². The standard InChI is InChI=1S/C23H19Br2Cl2IO3/c1-22(2)18(20(24)23(25,26)27)19(22)21(29)31-17(11-12-28)14-7-6-10-16(13-14)30-15-8-4-3-5-9-15/h3-10,13,17-20H,1-2H3. The maximum atomic E-state index is 13.1. The third kappa shape index (κ3) is 6.11. The van der Waals surface area contributed by atoms with Gasteiger partial charge in [-0.1, -0.05) is 83.3 Å². The summed E-state index contributed by atoms with van der Waals surface area (Å²) in [5.74, 6) is 3.56. The molecule has 0 saturated heterocycles. The molecule has 0 aliphatic heterocycles. The van der Waals surface area contributed by atoms with Crippen LogP contribution in [0.2, 0.25) is 0 Å². The van der Waals surface area contributed by atoms with Crippen molar-refractivity contribution in [1.29, 1.82) is 0 Å². The van der Waals surface area contributed by atoms with E-state index in [1.807, 2.05) is 91.0 Å². The van der Waals surface area contributed by atoms with Crippen molar-refractivity contribution in [2.45, 2.75) is 28.0 Å². The van der Waals surface area contributed by atoms with Gasteiger partial charge in [-0.15, -0.1) is 0 Å². The molecule has 1 saturated carbocycles. The zero-order chi connectivity index (χ0) is 22.8. The number of halogens is 5. The lowest BCUT2D eigenvalue weighted by atomic mass is 10.1. The summed E-state index contributed by atoms with van der Waals surface area (Å²) in [6.07, 6.45) is -0.713. The number of benzene rings is 2. The van der Waals surface area contributed by atoms with E-state index in [-0.39, 0.29) is 28.0 Å². The van der Waals surface area contributed by atoms with Crippen molar-refractivity contribution in [2.75, 3.05) is 0 Å². The fraction of sp³-hybridized carbons (Fsp3) is 0.348. The average Bonchev–Trinajstić information content (AvgIpc) is 3.29. The maximum Gasteiger partial charge on any atom is 0.311 e. The summed E-state index contributed by atoms with van der Waals surface area (Å²) < 4.78 is 13.4. The first-order valence-electron chi connectivity index (χ1n) is 9.41. The van der Waals surface area contributed by atoms with Gasteiger partial charge in [-0.05, 0) is 61.4 Å². The first-order valence-corrected chi connectivity index (χ1v) is 13.0. The third-order valence-electron chi connectivity index (χ3n) is 5.35. The van der Waals surface area contributed by atoms with Crippen LogP contribution in [0, 0.1) is 27.1 Å². The van der Waals surface area contributed by atoms with Crippen LogP contribution in [-0.4, -0.2) is 14.0 Å². The number of hydrogen-bond acceptors (Lipinski definition) is 3. The molecule has 1 fully saturated rings. The normalized spacial score (nSPS) is 21.3. The van der Waals surface area contributed by atoms with Gasteiger partial charge >= 0.3 is 5.97 Å². The van der Waals surface area contributed by atoms with E-state index in [1.165, 1.54) is 0 Å². The number of hydrogen-bond donors (Lipinski definition) is 0. The Morgan fingerprint density at radius 2 is 1.81 bits per heavy atom. The monoisotopic (exact) mass is 698 g/mol. The van der Waals surface area contributed by atoms with E-state index in [2.05, 4.69) is 41.7 Å². The van der Waals surface area contributed by atoms with E-state index >= 15 is 0 Å². The van der Waals surface area contributed by atoms with Crippen molar-refractivity contribution in [3.63, 3.8) is 0 Å². The highest BCUT2D eigenvalue weighted by Gasteiger charge is 2.67. The first kappa shape index (κ1) is 25.2. The summed E-state index contributed by atoms with van der Waals surface area (Å²) in [7, 11) is 0. The number of para-hydroxylation sites is 1. The molecule has 3 nitrogen and oxygen atoms in total. The molecule has 0 aromatic heterocycles. The van der Waals surface area contributed by atoms with Crippen molar-refractivity contribution < 1.29 is 14.3 Å². The minimum Gasteiger partial charge on any atom is -0.457 e. The third-order valence-corrected chi connectivity index (χ3v) is 9.02. The lowest BCUT2D eigenvalue weighted by Crippen LogP contribution is -2.24. The SMILES string of the molecule is CC1(C)C(C(=O)OC(C#CI)c2cccc(Oc3ccccc3)c2)C1C(Br)C(Cl)(Cl)Br. The van der Waals surface area contributed by atoms with Gasteiger partial charge in [0.1, 0.15) is 11.5 Å². The molecule has 0 amide bonds. The van der Waals surface area contributed by atoms with Crippen molar-refractivity contribution in [1.82, 2.24) is 0 Å². The Bertz CT molecular complexity index is 999. The molecule has 164 valence electrons. The molecule has 0 radical (unpaired) electrons. The average molecular weight is 701 g/mol. The van der Waals surface area contributed by atoms with Crippen LogP contribution in [0.5, 0.6) is 11.5 Å². The lowest BCUT2D eigenvalue weighted by molar-refractivity contribution is -0.149. The summed E-state index contributed by atoms with van der Waals surface area (Å²) in [5, 5.41) is 0. The Morgan fingerprint density at radius 3 is 2.42 bits per heavy atom. The maximum absolute atomic E-state index is 13.1.